The molecular weight excluding hydrogens is 205 g/mol. The summed E-state index contributed by atoms with van der Waals surface area (Å²) in [5, 5.41) is 2.67. The molecule has 1 rings (SSSR count). The SMILES string of the molecule is C[C@@H](NC(=O)CCl)c1ccc(F)cc1. The average Bonchev–Trinajstić information content (AvgIpc) is 2.18. The molecule has 0 aliphatic heterocycles. The van der Waals surface area contributed by atoms with E-state index in [2.05, 4.69) is 5.32 Å². The van der Waals surface area contributed by atoms with Crippen LogP contribution in [0.1, 0.15) is 18.5 Å². The van der Waals surface area contributed by atoms with Crippen molar-refractivity contribution in [3.8, 4) is 0 Å². The fourth-order valence-corrected chi connectivity index (χ4v) is 1.19. The van der Waals surface area contributed by atoms with Crippen LogP contribution >= 0.6 is 11.6 Å². The second-order valence-electron chi connectivity index (χ2n) is 2.97. The Balaban J connectivity index is 2.65. The minimum absolute atomic E-state index is 0.0640. The maximum Gasteiger partial charge on any atom is 0.235 e. The Morgan fingerprint density at radius 3 is 2.57 bits per heavy atom. The van der Waals surface area contributed by atoms with Crippen molar-refractivity contribution >= 4 is 17.5 Å². The van der Waals surface area contributed by atoms with E-state index in [0.717, 1.165) is 5.56 Å². The number of benzene rings is 1. The number of alkyl halides is 1. The number of carbonyl (C=O) groups excluding carboxylic acids is 1. The molecule has 0 aliphatic carbocycles. The molecule has 4 heteroatoms. The van der Waals surface area contributed by atoms with Crippen LogP contribution in [0.2, 0.25) is 0 Å². The van der Waals surface area contributed by atoms with Gasteiger partial charge in [0.2, 0.25) is 5.91 Å². The minimum atomic E-state index is -0.287. The highest BCUT2D eigenvalue weighted by Gasteiger charge is 2.07. The molecule has 76 valence electrons. The van der Waals surface area contributed by atoms with Crippen LogP contribution in [0, 0.1) is 5.82 Å². The number of rotatable bonds is 3. The molecule has 0 aliphatic rings. The molecule has 0 saturated heterocycles. The molecule has 0 unspecified atom stereocenters. The summed E-state index contributed by atoms with van der Waals surface area (Å²) < 4.78 is 12.6. The van der Waals surface area contributed by atoms with Gasteiger partial charge in [0.15, 0.2) is 0 Å². The first-order valence-corrected chi connectivity index (χ1v) is 4.77. The summed E-state index contributed by atoms with van der Waals surface area (Å²) in [5.41, 5.74) is 0.852. The molecular formula is C10H11ClFNO. The Morgan fingerprint density at radius 2 is 2.07 bits per heavy atom. The van der Waals surface area contributed by atoms with E-state index in [9.17, 15) is 9.18 Å². The van der Waals surface area contributed by atoms with Crippen LogP contribution in [-0.2, 0) is 4.79 Å². The predicted octanol–water partition coefficient (Wildman–Crippen LogP) is 2.24. The van der Waals surface area contributed by atoms with Gasteiger partial charge in [-0.3, -0.25) is 4.79 Å². The Labute approximate surface area is 87.1 Å². The van der Waals surface area contributed by atoms with Gasteiger partial charge in [0.05, 0.1) is 6.04 Å². The molecule has 0 heterocycles. The lowest BCUT2D eigenvalue weighted by atomic mass is 10.1. The van der Waals surface area contributed by atoms with E-state index < -0.39 is 0 Å². The second-order valence-corrected chi connectivity index (χ2v) is 3.24. The topological polar surface area (TPSA) is 29.1 Å². The average molecular weight is 216 g/mol. The lowest BCUT2D eigenvalue weighted by Crippen LogP contribution is -2.27. The number of halogens is 2. The number of hydrogen-bond donors (Lipinski definition) is 1. The molecule has 0 spiro atoms. The van der Waals surface area contributed by atoms with Gasteiger partial charge in [-0.15, -0.1) is 11.6 Å². The molecule has 1 atom stereocenters. The van der Waals surface area contributed by atoms with Crippen LogP contribution in [0.15, 0.2) is 24.3 Å². The highest BCUT2D eigenvalue weighted by atomic mass is 35.5. The smallest absolute Gasteiger partial charge is 0.235 e. The van der Waals surface area contributed by atoms with Crippen molar-refractivity contribution < 1.29 is 9.18 Å². The number of hydrogen-bond acceptors (Lipinski definition) is 1. The van der Waals surface area contributed by atoms with Crippen molar-refractivity contribution in [1.29, 1.82) is 0 Å². The Kier molecular flexibility index (Phi) is 3.89. The molecule has 1 aromatic carbocycles. The standard InChI is InChI=1S/C10H11ClFNO/c1-7(13-10(14)6-11)8-2-4-9(12)5-3-8/h2-5,7H,6H2,1H3,(H,13,14)/t7-/m1/s1. The summed E-state index contributed by atoms with van der Waals surface area (Å²) in [6, 6.07) is 5.84. The fraction of sp³-hybridized carbons (Fsp3) is 0.300. The summed E-state index contributed by atoms with van der Waals surface area (Å²) in [6.07, 6.45) is 0. The third-order valence-electron chi connectivity index (χ3n) is 1.87. The molecule has 0 bridgehead atoms. The molecule has 0 saturated carbocycles. The third-order valence-corrected chi connectivity index (χ3v) is 2.11. The highest BCUT2D eigenvalue weighted by molar-refractivity contribution is 6.27. The van der Waals surface area contributed by atoms with Crippen LogP contribution in [0.3, 0.4) is 0 Å². The van der Waals surface area contributed by atoms with Crippen LogP contribution in [0.4, 0.5) is 4.39 Å². The molecule has 1 N–H and O–H groups in total. The highest BCUT2D eigenvalue weighted by Crippen LogP contribution is 2.12. The number of amides is 1. The summed E-state index contributed by atoms with van der Waals surface area (Å²) >= 11 is 5.34. The van der Waals surface area contributed by atoms with Gasteiger partial charge in [-0.1, -0.05) is 12.1 Å². The van der Waals surface area contributed by atoms with E-state index in [1.807, 2.05) is 6.92 Å². The van der Waals surface area contributed by atoms with Crippen molar-refractivity contribution in [2.75, 3.05) is 5.88 Å². The molecule has 0 radical (unpaired) electrons. The van der Waals surface area contributed by atoms with E-state index in [-0.39, 0.29) is 23.6 Å². The normalized spacial score (nSPS) is 12.2. The van der Waals surface area contributed by atoms with Gasteiger partial charge in [-0.2, -0.15) is 0 Å². The van der Waals surface area contributed by atoms with E-state index in [1.165, 1.54) is 12.1 Å². The molecule has 0 aromatic heterocycles. The van der Waals surface area contributed by atoms with Gasteiger partial charge in [-0.25, -0.2) is 4.39 Å². The Bertz CT molecular complexity index is 312. The molecule has 1 aromatic rings. The van der Waals surface area contributed by atoms with Gasteiger partial charge in [0, 0.05) is 0 Å². The zero-order valence-electron chi connectivity index (χ0n) is 7.76. The van der Waals surface area contributed by atoms with Crippen LogP contribution in [0.25, 0.3) is 0 Å². The zero-order chi connectivity index (χ0) is 10.6. The van der Waals surface area contributed by atoms with Crippen LogP contribution < -0.4 is 5.32 Å². The first-order valence-electron chi connectivity index (χ1n) is 4.24. The first kappa shape index (κ1) is 11.0. The van der Waals surface area contributed by atoms with Crippen molar-refractivity contribution in [2.45, 2.75) is 13.0 Å². The van der Waals surface area contributed by atoms with Crippen LogP contribution in [-0.4, -0.2) is 11.8 Å². The van der Waals surface area contributed by atoms with Gasteiger partial charge >= 0.3 is 0 Å². The molecule has 0 fully saturated rings. The molecule has 1 amide bonds. The third kappa shape index (κ3) is 3.00. The summed E-state index contributed by atoms with van der Waals surface area (Å²) in [6.45, 7) is 1.82. The lowest BCUT2D eigenvalue weighted by Gasteiger charge is -2.12. The predicted molar refractivity (Wildman–Crippen MR) is 53.7 cm³/mol. The monoisotopic (exact) mass is 215 g/mol. The van der Waals surface area contributed by atoms with E-state index in [1.54, 1.807) is 12.1 Å². The summed E-state index contributed by atoms with van der Waals surface area (Å²) in [5.74, 6) is -0.584. The minimum Gasteiger partial charge on any atom is -0.349 e. The quantitative estimate of drug-likeness (QED) is 0.770. The van der Waals surface area contributed by atoms with Gasteiger partial charge in [0.1, 0.15) is 11.7 Å². The van der Waals surface area contributed by atoms with E-state index >= 15 is 0 Å². The van der Waals surface area contributed by atoms with Gasteiger partial charge < -0.3 is 5.32 Å². The number of carbonyl (C=O) groups is 1. The zero-order valence-corrected chi connectivity index (χ0v) is 8.51. The summed E-state index contributed by atoms with van der Waals surface area (Å²) in [7, 11) is 0. The van der Waals surface area contributed by atoms with Crippen LogP contribution in [0.5, 0.6) is 0 Å². The van der Waals surface area contributed by atoms with Crippen molar-refractivity contribution in [1.82, 2.24) is 5.32 Å². The van der Waals surface area contributed by atoms with Crippen molar-refractivity contribution in [2.24, 2.45) is 0 Å². The Morgan fingerprint density at radius 1 is 1.50 bits per heavy atom. The summed E-state index contributed by atoms with van der Waals surface area (Å²) in [4.78, 5) is 10.9. The maximum absolute atomic E-state index is 12.6. The lowest BCUT2D eigenvalue weighted by molar-refractivity contribution is -0.119. The fourth-order valence-electron chi connectivity index (χ4n) is 1.11. The molecule has 2 nitrogen and oxygen atoms in total. The number of nitrogens with one attached hydrogen (secondary N) is 1. The molecule has 14 heavy (non-hydrogen) atoms. The largest absolute Gasteiger partial charge is 0.349 e. The Hall–Kier alpha value is -1.09. The van der Waals surface area contributed by atoms with Crippen molar-refractivity contribution in [3.63, 3.8) is 0 Å². The first-order chi connectivity index (χ1) is 6.63. The van der Waals surface area contributed by atoms with Crippen molar-refractivity contribution in [3.05, 3.63) is 35.6 Å². The van der Waals surface area contributed by atoms with E-state index in [4.69, 9.17) is 11.6 Å². The van der Waals surface area contributed by atoms with Gasteiger partial charge in [-0.05, 0) is 24.6 Å². The maximum atomic E-state index is 12.6. The second kappa shape index (κ2) is 4.96. The van der Waals surface area contributed by atoms with E-state index in [0.29, 0.717) is 0 Å². The van der Waals surface area contributed by atoms with Gasteiger partial charge in [0.25, 0.3) is 0 Å².